The Bertz CT molecular complexity index is 1000. The third-order valence-electron chi connectivity index (χ3n) is 5.91. The second-order valence-corrected chi connectivity index (χ2v) is 9.84. The lowest BCUT2D eigenvalue weighted by molar-refractivity contribution is 0.161. The van der Waals surface area contributed by atoms with Crippen LogP contribution in [-0.4, -0.2) is 32.0 Å². The highest BCUT2D eigenvalue weighted by atomic mass is 32.2. The molecule has 1 saturated heterocycles. The normalized spacial score (nSPS) is 24.8. The van der Waals surface area contributed by atoms with Gasteiger partial charge in [0.1, 0.15) is 11.1 Å². The number of rotatable bonds is 4. The Kier molecular flexibility index (Phi) is 5.86. The zero-order chi connectivity index (χ0) is 20.4. The molecule has 2 aromatic carbocycles. The van der Waals surface area contributed by atoms with Crippen LogP contribution in [0.2, 0.25) is 0 Å². The van der Waals surface area contributed by atoms with Crippen LogP contribution in [0, 0.1) is 5.82 Å². The van der Waals surface area contributed by atoms with Crippen LogP contribution in [0.15, 0.2) is 54.6 Å². The van der Waals surface area contributed by atoms with E-state index in [1.54, 1.807) is 6.07 Å². The molecule has 0 bridgehead atoms. The molecule has 1 fully saturated rings. The van der Waals surface area contributed by atoms with E-state index in [0.29, 0.717) is 25.2 Å². The van der Waals surface area contributed by atoms with Gasteiger partial charge in [-0.15, -0.1) is 0 Å². The molecule has 0 amide bonds. The summed E-state index contributed by atoms with van der Waals surface area (Å²) in [4.78, 5) is 0. The quantitative estimate of drug-likeness (QED) is 0.728. The van der Waals surface area contributed by atoms with Crippen LogP contribution in [0.5, 0.6) is 0 Å². The van der Waals surface area contributed by atoms with Gasteiger partial charge in [-0.2, -0.15) is 4.31 Å². The molecule has 0 N–H and O–H groups in total. The van der Waals surface area contributed by atoms with E-state index in [9.17, 15) is 12.8 Å². The zero-order valence-electron chi connectivity index (χ0n) is 16.6. The van der Waals surface area contributed by atoms with Crippen molar-refractivity contribution >= 4 is 15.6 Å². The summed E-state index contributed by atoms with van der Waals surface area (Å²) >= 11 is 0. The van der Waals surface area contributed by atoms with Crippen LogP contribution in [0.4, 0.5) is 4.39 Å². The number of nitrogens with zero attached hydrogens (tertiary/aromatic N) is 1. The summed E-state index contributed by atoms with van der Waals surface area (Å²) in [5.41, 5.74) is 3.12. The summed E-state index contributed by atoms with van der Waals surface area (Å²) in [5, 5.41) is -0.574. The van der Waals surface area contributed by atoms with Crippen molar-refractivity contribution in [3.8, 4) is 0 Å². The average Bonchev–Trinajstić information content (AvgIpc) is 2.73. The molecular weight excluding hydrogens is 389 g/mol. The summed E-state index contributed by atoms with van der Waals surface area (Å²) < 4.78 is 48.3. The molecule has 0 unspecified atom stereocenters. The molecule has 0 spiro atoms. The van der Waals surface area contributed by atoms with Crippen molar-refractivity contribution in [2.45, 2.75) is 44.0 Å². The van der Waals surface area contributed by atoms with Gasteiger partial charge in [0.05, 0.1) is 13.2 Å². The van der Waals surface area contributed by atoms with E-state index in [-0.39, 0.29) is 18.4 Å². The number of ether oxygens (including phenoxy) is 1. The maximum absolute atomic E-state index is 14.9. The van der Waals surface area contributed by atoms with Crippen molar-refractivity contribution in [1.82, 2.24) is 4.31 Å². The highest BCUT2D eigenvalue weighted by Crippen LogP contribution is 2.38. The van der Waals surface area contributed by atoms with Gasteiger partial charge in [-0.3, -0.25) is 0 Å². The molecular formula is C23H26FNO3S. The fraction of sp³-hybridized carbons (Fsp3) is 0.391. The van der Waals surface area contributed by atoms with Crippen LogP contribution in [0.25, 0.3) is 5.57 Å². The lowest BCUT2D eigenvalue weighted by Gasteiger charge is -2.37. The topological polar surface area (TPSA) is 46.6 Å². The molecule has 6 heteroatoms. The molecule has 2 aliphatic heterocycles. The van der Waals surface area contributed by atoms with Crippen molar-refractivity contribution in [3.63, 3.8) is 0 Å². The van der Waals surface area contributed by atoms with Gasteiger partial charge >= 0.3 is 0 Å². The maximum Gasteiger partial charge on any atom is 0.221 e. The van der Waals surface area contributed by atoms with E-state index in [1.807, 2.05) is 49.4 Å². The molecule has 154 valence electrons. The highest BCUT2D eigenvalue weighted by Gasteiger charge is 2.40. The molecule has 4 rings (SSSR count). The minimum Gasteiger partial charge on any atom is -0.377 e. The lowest BCUT2D eigenvalue weighted by atomic mass is 9.99. The lowest BCUT2D eigenvalue weighted by Crippen LogP contribution is -2.44. The molecule has 4 nitrogen and oxygen atoms in total. The van der Waals surface area contributed by atoms with Crippen LogP contribution < -0.4 is 0 Å². The molecule has 2 aromatic rings. The molecule has 2 aliphatic rings. The van der Waals surface area contributed by atoms with E-state index in [0.717, 1.165) is 29.5 Å². The molecule has 0 radical (unpaired) electrons. The van der Waals surface area contributed by atoms with Crippen LogP contribution in [-0.2, 0) is 21.3 Å². The maximum atomic E-state index is 14.9. The summed E-state index contributed by atoms with van der Waals surface area (Å²) in [6.07, 6.45) is 4.07. The number of halogens is 1. The van der Waals surface area contributed by atoms with Crippen molar-refractivity contribution in [1.29, 1.82) is 0 Å². The van der Waals surface area contributed by atoms with Crippen molar-refractivity contribution in [2.75, 3.05) is 13.2 Å². The third kappa shape index (κ3) is 4.15. The summed E-state index contributed by atoms with van der Waals surface area (Å²) in [7, 11) is -3.57. The van der Waals surface area contributed by atoms with Crippen LogP contribution >= 0.6 is 0 Å². The standard InChI is InChI=1S/C23H26FNO3S/c1-17-7-10-23(19-5-3-2-4-6-19)29(26,27)25(17)16-21-9-8-20(15-22(21)24)18-11-13-28-14-12-18/h2-6,8-9,11,15,17,23H,7,10,12-14,16H2,1H3/t17-,23+/m0/s1. The fourth-order valence-electron chi connectivity index (χ4n) is 4.18. The van der Waals surface area contributed by atoms with Gasteiger partial charge in [-0.05, 0) is 49.0 Å². The number of hydrogen-bond donors (Lipinski definition) is 0. The van der Waals surface area contributed by atoms with Gasteiger partial charge in [0.25, 0.3) is 0 Å². The third-order valence-corrected chi connectivity index (χ3v) is 8.28. The molecule has 2 atom stereocenters. The van der Waals surface area contributed by atoms with Gasteiger partial charge in [0.15, 0.2) is 0 Å². The predicted molar refractivity (Wildman–Crippen MR) is 112 cm³/mol. The smallest absolute Gasteiger partial charge is 0.221 e. The summed E-state index contributed by atoms with van der Waals surface area (Å²) in [6.45, 7) is 3.14. The number of sulfonamides is 1. The van der Waals surface area contributed by atoms with Gasteiger partial charge < -0.3 is 4.74 Å². The first-order valence-corrected chi connectivity index (χ1v) is 11.6. The second-order valence-electron chi connectivity index (χ2n) is 7.78. The largest absolute Gasteiger partial charge is 0.377 e. The molecule has 0 aromatic heterocycles. The number of benzene rings is 2. The zero-order valence-corrected chi connectivity index (χ0v) is 17.4. The first kappa shape index (κ1) is 20.3. The van der Waals surface area contributed by atoms with Gasteiger partial charge in [-0.25, -0.2) is 12.8 Å². The Morgan fingerprint density at radius 3 is 2.62 bits per heavy atom. The van der Waals surface area contributed by atoms with Gasteiger partial charge in [0.2, 0.25) is 10.0 Å². The summed E-state index contributed by atoms with van der Waals surface area (Å²) in [6, 6.07) is 14.3. The SMILES string of the molecule is C[C@H]1CC[C@H](c2ccccc2)S(=O)(=O)N1Cc1ccc(C2=CCOCC2)cc1F. The number of hydrogen-bond acceptors (Lipinski definition) is 3. The monoisotopic (exact) mass is 415 g/mol. The Balaban J connectivity index is 1.59. The van der Waals surface area contributed by atoms with Crippen LogP contribution in [0.1, 0.15) is 48.1 Å². The Morgan fingerprint density at radius 1 is 1.14 bits per heavy atom. The van der Waals surface area contributed by atoms with E-state index >= 15 is 0 Å². The molecule has 0 saturated carbocycles. The van der Waals surface area contributed by atoms with Crippen molar-refractivity contribution in [2.24, 2.45) is 0 Å². The van der Waals surface area contributed by atoms with Crippen LogP contribution in [0.3, 0.4) is 0 Å². The van der Waals surface area contributed by atoms with Crippen molar-refractivity contribution < 1.29 is 17.5 Å². The van der Waals surface area contributed by atoms with Gasteiger partial charge in [-0.1, -0.05) is 48.5 Å². The van der Waals surface area contributed by atoms with Crippen molar-refractivity contribution in [3.05, 3.63) is 77.1 Å². The second kappa shape index (κ2) is 8.38. The minimum absolute atomic E-state index is 0.0567. The van der Waals surface area contributed by atoms with E-state index in [1.165, 1.54) is 10.4 Å². The average molecular weight is 416 g/mol. The van der Waals surface area contributed by atoms with E-state index in [2.05, 4.69) is 0 Å². The Hall–Kier alpha value is -2.02. The fourth-order valence-corrected chi connectivity index (χ4v) is 6.37. The van der Waals surface area contributed by atoms with E-state index in [4.69, 9.17) is 4.74 Å². The first-order chi connectivity index (χ1) is 14.0. The molecule has 29 heavy (non-hydrogen) atoms. The highest BCUT2D eigenvalue weighted by molar-refractivity contribution is 7.89. The minimum atomic E-state index is -3.57. The van der Waals surface area contributed by atoms with E-state index < -0.39 is 15.3 Å². The molecule has 2 heterocycles. The summed E-state index contributed by atoms with van der Waals surface area (Å²) in [5.74, 6) is -0.362. The first-order valence-electron chi connectivity index (χ1n) is 10.1. The predicted octanol–water partition coefficient (Wildman–Crippen LogP) is 4.68. The van der Waals surface area contributed by atoms with Gasteiger partial charge in [0, 0.05) is 18.2 Å². The molecule has 0 aliphatic carbocycles. The Morgan fingerprint density at radius 2 is 1.93 bits per heavy atom. The Labute approximate surface area is 172 Å².